The Labute approximate surface area is 115 Å². The molecule has 3 nitrogen and oxygen atoms in total. The summed E-state index contributed by atoms with van der Waals surface area (Å²) in [7, 11) is 0. The second-order valence-electron chi connectivity index (χ2n) is 5.69. The van der Waals surface area contributed by atoms with Gasteiger partial charge in [0.15, 0.2) is 0 Å². The normalized spacial score (nSPS) is 29.8. The largest absolute Gasteiger partial charge is 0.383 e. The average molecular weight is 296 g/mol. The van der Waals surface area contributed by atoms with Crippen molar-refractivity contribution in [3.63, 3.8) is 0 Å². The van der Waals surface area contributed by atoms with Crippen LogP contribution in [0.4, 0.5) is 17.6 Å². The van der Waals surface area contributed by atoms with Gasteiger partial charge in [-0.3, -0.25) is 4.79 Å². The molecule has 0 saturated carbocycles. The molecule has 0 aromatic carbocycles. The average Bonchev–Trinajstić information content (AvgIpc) is 2.73. The Balaban J connectivity index is 2.12. The number of alkyl halides is 4. The fourth-order valence-electron chi connectivity index (χ4n) is 3.26. The summed E-state index contributed by atoms with van der Waals surface area (Å²) >= 11 is 0. The topological polar surface area (TPSA) is 32.3 Å². The summed E-state index contributed by atoms with van der Waals surface area (Å²) in [6.07, 6.45) is -0.415. The van der Waals surface area contributed by atoms with Gasteiger partial charge in [-0.2, -0.15) is 8.78 Å². The predicted octanol–water partition coefficient (Wildman–Crippen LogP) is 2.41. The van der Waals surface area contributed by atoms with Gasteiger partial charge < -0.3 is 10.2 Å². The van der Waals surface area contributed by atoms with Gasteiger partial charge in [-0.1, -0.05) is 6.92 Å². The lowest BCUT2D eigenvalue weighted by molar-refractivity contribution is -0.183. The van der Waals surface area contributed by atoms with E-state index in [-0.39, 0.29) is 24.7 Å². The lowest BCUT2D eigenvalue weighted by Gasteiger charge is -2.39. The van der Waals surface area contributed by atoms with Crippen molar-refractivity contribution in [2.45, 2.75) is 69.5 Å². The van der Waals surface area contributed by atoms with E-state index < -0.39 is 18.3 Å². The van der Waals surface area contributed by atoms with Crippen LogP contribution in [0.3, 0.4) is 0 Å². The zero-order chi connectivity index (χ0) is 14.9. The van der Waals surface area contributed by atoms with Crippen molar-refractivity contribution in [1.82, 2.24) is 10.2 Å². The van der Waals surface area contributed by atoms with Crippen LogP contribution < -0.4 is 5.32 Å². The number of piperidine rings is 1. The molecule has 2 fully saturated rings. The first-order valence-corrected chi connectivity index (χ1v) is 7.09. The highest BCUT2D eigenvalue weighted by Gasteiger charge is 2.53. The molecule has 2 unspecified atom stereocenters. The van der Waals surface area contributed by atoms with Crippen LogP contribution in [0, 0.1) is 0 Å². The minimum absolute atomic E-state index is 0.102. The van der Waals surface area contributed by atoms with Gasteiger partial charge in [-0.25, -0.2) is 8.78 Å². The number of fused-ring (bicyclic) bond motifs is 2. The van der Waals surface area contributed by atoms with Gasteiger partial charge in [0, 0.05) is 24.7 Å². The first-order chi connectivity index (χ1) is 9.36. The van der Waals surface area contributed by atoms with Gasteiger partial charge in [-0.05, 0) is 32.1 Å². The zero-order valence-electron chi connectivity index (χ0n) is 11.4. The summed E-state index contributed by atoms with van der Waals surface area (Å²) < 4.78 is 51.4. The maximum Gasteiger partial charge on any atom is 0.383 e. The molecule has 0 spiro atoms. The molecule has 7 heteroatoms. The molecule has 116 valence electrons. The SMILES string of the molecule is CCCN(C(=O)C(F)(F)C(F)F)C1CC2CCC(C1)N2. The van der Waals surface area contributed by atoms with Gasteiger partial charge in [0.05, 0.1) is 0 Å². The van der Waals surface area contributed by atoms with Crippen LogP contribution in [0.25, 0.3) is 0 Å². The molecule has 2 rings (SSSR count). The molecule has 2 saturated heterocycles. The molecule has 20 heavy (non-hydrogen) atoms. The summed E-state index contributed by atoms with van der Waals surface area (Å²) in [5.41, 5.74) is 0. The highest BCUT2D eigenvalue weighted by molar-refractivity contribution is 5.84. The molecule has 2 aliphatic rings. The second kappa shape index (κ2) is 5.87. The second-order valence-corrected chi connectivity index (χ2v) is 5.69. The van der Waals surface area contributed by atoms with Crippen molar-refractivity contribution < 1.29 is 22.4 Å². The smallest absolute Gasteiger partial charge is 0.334 e. The maximum atomic E-state index is 13.3. The zero-order valence-corrected chi connectivity index (χ0v) is 11.4. The van der Waals surface area contributed by atoms with Gasteiger partial charge >= 0.3 is 12.3 Å². The van der Waals surface area contributed by atoms with Crippen molar-refractivity contribution in [2.75, 3.05) is 6.54 Å². The first kappa shape index (κ1) is 15.5. The third-order valence-corrected chi connectivity index (χ3v) is 4.17. The van der Waals surface area contributed by atoms with E-state index >= 15 is 0 Å². The number of amides is 1. The Morgan fingerprint density at radius 3 is 2.30 bits per heavy atom. The van der Waals surface area contributed by atoms with Crippen molar-refractivity contribution >= 4 is 5.91 Å². The lowest BCUT2D eigenvalue weighted by Crippen LogP contribution is -2.56. The number of nitrogens with one attached hydrogen (secondary N) is 1. The molecule has 0 radical (unpaired) electrons. The number of carbonyl (C=O) groups excluding carboxylic acids is 1. The fourth-order valence-corrected chi connectivity index (χ4v) is 3.26. The molecule has 2 heterocycles. The summed E-state index contributed by atoms with van der Waals surface area (Å²) in [6, 6.07) is 0.0722. The molecule has 2 atom stereocenters. The molecule has 1 N–H and O–H groups in total. The Bertz CT molecular complexity index is 352. The van der Waals surface area contributed by atoms with E-state index in [1.54, 1.807) is 6.92 Å². The van der Waals surface area contributed by atoms with Crippen molar-refractivity contribution in [3.05, 3.63) is 0 Å². The highest BCUT2D eigenvalue weighted by atomic mass is 19.3. The van der Waals surface area contributed by atoms with Gasteiger partial charge in [0.2, 0.25) is 0 Å². The van der Waals surface area contributed by atoms with Crippen LogP contribution in [0.15, 0.2) is 0 Å². The number of carbonyl (C=O) groups is 1. The fraction of sp³-hybridized carbons (Fsp3) is 0.923. The van der Waals surface area contributed by atoms with Crippen LogP contribution in [-0.2, 0) is 4.79 Å². The van der Waals surface area contributed by atoms with Gasteiger partial charge in [0.1, 0.15) is 0 Å². The van der Waals surface area contributed by atoms with Crippen LogP contribution >= 0.6 is 0 Å². The number of hydrogen-bond acceptors (Lipinski definition) is 2. The number of nitrogens with zero attached hydrogens (tertiary/aromatic N) is 1. The van der Waals surface area contributed by atoms with Crippen molar-refractivity contribution in [1.29, 1.82) is 0 Å². The van der Waals surface area contributed by atoms with Crippen LogP contribution in [0.1, 0.15) is 39.0 Å². The highest BCUT2D eigenvalue weighted by Crippen LogP contribution is 2.33. The molecule has 0 aromatic rings. The van der Waals surface area contributed by atoms with Crippen molar-refractivity contribution in [3.8, 4) is 0 Å². The predicted molar refractivity (Wildman–Crippen MR) is 65.9 cm³/mol. The number of rotatable bonds is 5. The Kier molecular flexibility index (Phi) is 4.56. The minimum atomic E-state index is -4.58. The van der Waals surface area contributed by atoms with E-state index in [1.165, 1.54) is 0 Å². The van der Waals surface area contributed by atoms with Gasteiger partial charge in [-0.15, -0.1) is 0 Å². The molecule has 0 aliphatic carbocycles. The van der Waals surface area contributed by atoms with E-state index in [1.807, 2.05) is 0 Å². The Hall–Kier alpha value is -0.850. The summed E-state index contributed by atoms with van der Waals surface area (Å²) in [5, 5.41) is 3.34. The van der Waals surface area contributed by atoms with Crippen molar-refractivity contribution in [2.24, 2.45) is 0 Å². The maximum absolute atomic E-state index is 13.3. The molecule has 0 aromatic heterocycles. The molecular weight excluding hydrogens is 276 g/mol. The number of hydrogen-bond donors (Lipinski definition) is 1. The van der Waals surface area contributed by atoms with Crippen LogP contribution in [0.5, 0.6) is 0 Å². The Morgan fingerprint density at radius 2 is 1.85 bits per heavy atom. The molecular formula is C13H20F4N2O. The molecule has 2 bridgehead atoms. The first-order valence-electron chi connectivity index (χ1n) is 7.09. The number of halogens is 4. The minimum Gasteiger partial charge on any atom is -0.334 e. The monoisotopic (exact) mass is 296 g/mol. The summed E-state index contributed by atoms with van der Waals surface area (Å²) in [4.78, 5) is 12.8. The summed E-state index contributed by atoms with van der Waals surface area (Å²) in [5.74, 6) is -6.31. The standard InChI is InChI=1S/C13H20F4N2O/c1-2-5-19(12(20)13(16,17)11(14)15)10-6-8-3-4-9(7-10)18-8/h8-11,18H,2-7H2,1H3. The third kappa shape index (κ3) is 2.92. The quantitative estimate of drug-likeness (QED) is 0.790. The molecule has 2 aliphatic heterocycles. The Morgan fingerprint density at radius 1 is 1.30 bits per heavy atom. The van der Waals surface area contributed by atoms with E-state index in [2.05, 4.69) is 5.32 Å². The molecule has 1 amide bonds. The van der Waals surface area contributed by atoms with E-state index in [9.17, 15) is 22.4 Å². The third-order valence-electron chi connectivity index (χ3n) is 4.17. The summed E-state index contributed by atoms with van der Waals surface area (Å²) in [6.45, 7) is 1.85. The van der Waals surface area contributed by atoms with Gasteiger partial charge in [0.25, 0.3) is 5.91 Å². The van der Waals surface area contributed by atoms with E-state index in [4.69, 9.17) is 0 Å². The lowest BCUT2D eigenvalue weighted by atomic mass is 9.97. The van der Waals surface area contributed by atoms with E-state index in [0.717, 1.165) is 17.7 Å². The van der Waals surface area contributed by atoms with Crippen LogP contribution in [0.2, 0.25) is 0 Å². The van der Waals surface area contributed by atoms with Crippen LogP contribution in [-0.4, -0.2) is 47.8 Å². The van der Waals surface area contributed by atoms with E-state index in [0.29, 0.717) is 19.3 Å².